The SMILES string of the molecule is O=C(O)CC1CCN(c2nnc(C(F)(F)F)s2)C1. The Labute approximate surface area is 104 Å². The Balaban J connectivity index is 2.01. The van der Waals surface area contributed by atoms with E-state index in [4.69, 9.17) is 5.11 Å². The number of aliphatic carboxylic acids is 1. The Morgan fingerprint density at radius 3 is 2.78 bits per heavy atom. The zero-order chi connectivity index (χ0) is 13.3. The van der Waals surface area contributed by atoms with Gasteiger partial charge >= 0.3 is 12.1 Å². The molecule has 0 spiro atoms. The van der Waals surface area contributed by atoms with Gasteiger partial charge in [0.05, 0.1) is 0 Å². The number of alkyl halides is 3. The van der Waals surface area contributed by atoms with Gasteiger partial charge < -0.3 is 10.0 Å². The molecule has 5 nitrogen and oxygen atoms in total. The molecule has 1 atom stereocenters. The zero-order valence-corrected chi connectivity index (χ0v) is 9.96. The summed E-state index contributed by atoms with van der Waals surface area (Å²) >= 11 is 0.489. The fraction of sp³-hybridized carbons (Fsp3) is 0.667. The van der Waals surface area contributed by atoms with Gasteiger partial charge in [-0.05, 0) is 12.3 Å². The number of halogens is 3. The second kappa shape index (κ2) is 4.71. The summed E-state index contributed by atoms with van der Waals surface area (Å²) in [6.07, 6.45) is -3.80. The summed E-state index contributed by atoms with van der Waals surface area (Å²) in [4.78, 5) is 12.2. The third kappa shape index (κ3) is 2.89. The van der Waals surface area contributed by atoms with Crippen molar-refractivity contribution in [2.24, 2.45) is 5.92 Å². The quantitative estimate of drug-likeness (QED) is 0.916. The third-order valence-electron chi connectivity index (χ3n) is 2.68. The molecule has 1 N–H and O–H groups in total. The molecule has 9 heteroatoms. The molecule has 0 radical (unpaired) electrons. The van der Waals surface area contributed by atoms with Crippen molar-refractivity contribution in [3.05, 3.63) is 5.01 Å². The highest BCUT2D eigenvalue weighted by Crippen LogP contribution is 2.36. The van der Waals surface area contributed by atoms with Crippen LogP contribution in [0.25, 0.3) is 0 Å². The fourth-order valence-electron chi connectivity index (χ4n) is 1.88. The number of carboxylic acid groups (broad SMARTS) is 1. The maximum absolute atomic E-state index is 12.3. The van der Waals surface area contributed by atoms with Crippen molar-refractivity contribution in [1.29, 1.82) is 0 Å². The average Bonchev–Trinajstić information content (AvgIpc) is 2.81. The number of aromatic nitrogens is 2. The number of hydrogen-bond acceptors (Lipinski definition) is 5. The number of anilines is 1. The van der Waals surface area contributed by atoms with Gasteiger partial charge in [0.1, 0.15) is 0 Å². The van der Waals surface area contributed by atoms with Gasteiger partial charge in [-0.1, -0.05) is 11.3 Å². The molecule has 0 saturated carbocycles. The van der Waals surface area contributed by atoms with Crippen LogP contribution in [-0.2, 0) is 11.0 Å². The van der Waals surface area contributed by atoms with Crippen molar-refractivity contribution in [3.8, 4) is 0 Å². The topological polar surface area (TPSA) is 66.3 Å². The molecular formula is C9H10F3N3O2S. The van der Waals surface area contributed by atoms with Gasteiger partial charge in [-0.15, -0.1) is 10.2 Å². The van der Waals surface area contributed by atoms with Gasteiger partial charge in [-0.25, -0.2) is 0 Å². The maximum atomic E-state index is 12.3. The molecule has 18 heavy (non-hydrogen) atoms. The first-order valence-corrected chi connectivity index (χ1v) is 6.05. The first kappa shape index (κ1) is 13.1. The Bertz CT molecular complexity index is 449. The van der Waals surface area contributed by atoms with Gasteiger partial charge in [-0.2, -0.15) is 13.2 Å². The van der Waals surface area contributed by atoms with Crippen LogP contribution in [0.15, 0.2) is 0 Å². The summed E-state index contributed by atoms with van der Waals surface area (Å²) in [7, 11) is 0. The fourth-order valence-corrected chi connectivity index (χ4v) is 2.62. The Hall–Kier alpha value is -1.38. The second-order valence-electron chi connectivity index (χ2n) is 4.09. The zero-order valence-electron chi connectivity index (χ0n) is 9.15. The Kier molecular flexibility index (Phi) is 3.42. The molecule has 1 aromatic rings. The lowest BCUT2D eigenvalue weighted by Crippen LogP contribution is -2.20. The number of rotatable bonds is 3. The van der Waals surface area contributed by atoms with Crippen LogP contribution in [-0.4, -0.2) is 34.4 Å². The Morgan fingerprint density at radius 1 is 1.50 bits per heavy atom. The molecule has 100 valence electrons. The number of carboxylic acids is 1. The van der Waals surface area contributed by atoms with Crippen molar-refractivity contribution < 1.29 is 23.1 Å². The van der Waals surface area contributed by atoms with E-state index in [2.05, 4.69) is 10.2 Å². The van der Waals surface area contributed by atoms with Crippen molar-refractivity contribution in [1.82, 2.24) is 10.2 Å². The molecule has 1 aliphatic rings. The standard InChI is InChI=1S/C9H10F3N3O2S/c10-9(11,12)7-13-14-8(18-7)15-2-1-5(4-15)3-6(16)17/h5H,1-4H2,(H,16,17). The lowest BCUT2D eigenvalue weighted by molar-refractivity contribution is -0.138. The van der Waals surface area contributed by atoms with E-state index in [1.165, 1.54) is 0 Å². The third-order valence-corrected chi connectivity index (χ3v) is 3.71. The van der Waals surface area contributed by atoms with E-state index in [0.29, 0.717) is 30.8 Å². The van der Waals surface area contributed by atoms with E-state index in [1.54, 1.807) is 4.90 Å². The average molecular weight is 281 g/mol. The number of hydrogen-bond donors (Lipinski definition) is 1. The number of nitrogens with zero attached hydrogens (tertiary/aromatic N) is 3. The van der Waals surface area contributed by atoms with Crippen LogP contribution >= 0.6 is 11.3 Å². The molecular weight excluding hydrogens is 271 g/mol. The molecule has 0 bridgehead atoms. The summed E-state index contributed by atoms with van der Waals surface area (Å²) in [6, 6.07) is 0. The van der Waals surface area contributed by atoms with Crippen molar-refractivity contribution in [3.63, 3.8) is 0 Å². The normalized spacial score (nSPS) is 20.4. The van der Waals surface area contributed by atoms with Gasteiger partial charge in [-0.3, -0.25) is 4.79 Å². The van der Waals surface area contributed by atoms with E-state index >= 15 is 0 Å². The highest BCUT2D eigenvalue weighted by Gasteiger charge is 2.37. The molecule has 1 aliphatic heterocycles. The van der Waals surface area contributed by atoms with Crippen LogP contribution < -0.4 is 4.90 Å². The second-order valence-corrected chi connectivity index (χ2v) is 5.04. The van der Waals surface area contributed by atoms with Crippen molar-refractivity contribution in [2.45, 2.75) is 19.0 Å². The highest BCUT2D eigenvalue weighted by atomic mass is 32.1. The highest BCUT2D eigenvalue weighted by molar-refractivity contribution is 7.15. The largest absolute Gasteiger partial charge is 0.481 e. The first-order chi connectivity index (χ1) is 8.36. The van der Waals surface area contributed by atoms with Gasteiger partial charge in [0, 0.05) is 19.5 Å². The minimum Gasteiger partial charge on any atom is -0.481 e. The van der Waals surface area contributed by atoms with Crippen molar-refractivity contribution >= 4 is 22.4 Å². The molecule has 1 fully saturated rings. The summed E-state index contributed by atoms with van der Waals surface area (Å²) in [5.41, 5.74) is 0. The van der Waals surface area contributed by atoms with Crippen LogP contribution in [0.5, 0.6) is 0 Å². The van der Waals surface area contributed by atoms with E-state index in [9.17, 15) is 18.0 Å². The van der Waals surface area contributed by atoms with E-state index in [-0.39, 0.29) is 17.5 Å². The van der Waals surface area contributed by atoms with E-state index < -0.39 is 17.2 Å². The molecule has 1 unspecified atom stereocenters. The monoisotopic (exact) mass is 281 g/mol. The van der Waals surface area contributed by atoms with Gasteiger partial charge in [0.2, 0.25) is 10.1 Å². The number of carbonyl (C=O) groups is 1. The van der Waals surface area contributed by atoms with Crippen LogP contribution in [0.2, 0.25) is 0 Å². The summed E-state index contributed by atoms with van der Waals surface area (Å²) < 4.78 is 37.0. The van der Waals surface area contributed by atoms with E-state index in [0.717, 1.165) is 0 Å². The van der Waals surface area contributed by atoms with Crippen LogP contribution in [0.3, 0.4) is 0 Å². The smallest absolute Gasteiger partial charge is 0.445 e. The Morgan fingerprint density at radius 2 is 2.22 bits per heavy atom. The lowest BCUT2D eigenvalue weighted by Gasteiger charge is -2.13. The van der Waals surface area contributed by atoms with Crippen LogP contribution in [0, 0.1) is 5.92 Å². The first-order valence-electron chi connectivity index (χ1n) is 5.23. The minimum atomic E-state index is -4.48. The van der Waals surface area contributed by atoms with Gasteiger partial charge in [0.15, 0.2) is 0 Å². The van der Waals surface area contributed by atoms with Crippen LogP contribution in [0.4, 0.5) is 18.3 Å². The van der Waals surface area contributed by atoms with Crippen LogP contribution in [0.1, 0.15) is 17.8 Å². The molecule has 0 amide bonds. The predicted molar refractivity (Wildman–Crippen MR) is 57.5 cm³/mol. The lowest BCUT2D eigenvalue weighted by atomic mass is 10.1. The van der Waals surface area contributed by atoms with E-state index in [1.807, 2.05) is 0 Å². The molecule has 0 aliphatic carbocycles. The minimum absolute atomic E-state index is 0.0292. The maximum Gasteiger partial charge on any atom is 0.445 e. The molecule has 0 aromatic carbocycles. The van der Waals surface area contributed by atoms with Crippen molar-refractivity contribution in [2.75, 3.05) is 18.0 Å². The summed E-state index contributed by atoms with van der Waals surface area (Å²) in [5.74, 6) is -0.934. The summed E-state index contributed by atoms with van der Waals surface area (Å²) in [6.45, 7) is 0.934. The molecule has 1 aromatic heterocycles. The molecule has 1 saturated heterocycles. The molecule has 2 heterocycles. The predicted octanol–water partition coefficient (Wildman–Crippen LogP) is 1.86. The van der Waals surface area contributed by atoms with Gasteiger partial charge in [0.25, 0.3) is 0 Å². The molecule has 2 rings (SSSR count). The summed E-state index contributed by atoms with van der Waals surface area (Å²) in [5, 5.41) is 14.5.